The highest BCUT2D eigenvalue weighted by Gasteiger charge is 2.43. The second-order valence-corrected chi connectivity index (χ2v) is 3.37. The molecular weight excluding hydrogens is 156 g/mol. The van der Waals surface area contributed by atoms with Crippen molar-refractivity contribution in [3.05, 3.63) is 6.92 Å². The van der Waals surface area contributed by atoms with E-state index in [4.69, 9.17) is 0 Å². The standard InChI is InChI=1S/C8H13N2O2/c1-4-5-10-6(11)8(2,3)9-7(10)12/h1,4-5H2,2-3H3,(H,9,12). The van der Waals surface area contributed by atoms with Gasteiger partial charge in [0, 0.05) is 6.54 Å². The van der Waals surface area contributed by atoms with Crippen molar-refractivity contribution in [3.63, 3.8) is 0 Å². The molecule has 1 aliphatic rings. The summed E-state index contributed by atoms with van der Waals surface area (Å²) in [5.74, 6) is -0.170. The van der Waals surface area contributed by atoms with Crippen LogP contribution >= 0.6 is 0 Å². The monoisotopic (exact) mass is 169 g/mol. The van der Waals surface area contributed by atoms with E-state index in [1.807, 2.05) is 0 Å². The molecule has 0 bridgehead atoms. The van der Waals surface area contributed by atoms with Gasteiger partial charge in [0.15, 0.2) is 0 Å². The summed E-state index contributed by atoms with van der Waals surface area (Å²) in [5, 5.41) is 2.59. The van der Waals surface area contributed by atoms with Crippen molar-refractivity contribution in [1.82, 2.24) is 10.2 Å². The molecule has 0 aromatic heterocycles. The third-order valence-corrected chi connectivity index (χ3v) is 1.83. The number of urea groups is 1. The molecule has 1 aliphatic heterocycles. The van der Waals surface area contributed by atoms with Gasteiger partial charge in [-0.15, -0.1) is 0 Å². The van der Waals surface area contributed by atoms with E-state index in [9.17, 15) is 9.59 Å². The summed E-state index contributed by atoms with van der Waals surface area (Å²) in [5.41, 5.74) is -0.744. The Morgan fingerprint density at radius 1 is 1.50 bits per heavy atom. The van der Waals surface area contributed by atoms with Gasteiger partial charge in [0.25, 0.3) is 5.91 Å². The molecule has 0 unspecified atom stereocenters. The predicted octanol–water partition coefficient (Wildman–Crippen LogP) is 0.541. The summed E-state index contributed by atoms with van der Waals surface area (Å²) in [6.45, 7) is 7.37. The molecule has 1 fully saturated rings. The molecule has 4 nitrogen and oxygen atoms in total. The van der Waals surface area contributed by atoms with Crippen molar-refractivity contribution in [3.8, 4) is 0 Å². The van der Waals surface area contributed by atoms with Gasteiger partial charge < -0.3 is 5.32 Å². The fourth-order valence-electron chi connectivity index (χ4n) is 1.18. The maximum Gasteiger partial charge on any atom is 0.325 e. The molecule has 0 saturated carbocycles. The van der Waals surface area contributed by atoms with Crippen LogP contribution in [0.3, 0.4) is 0 Å². The Balaban J connectivity index is 2.78. The third-order valence-electron chi connectivity index (χ3n) is 1.83. The van der Waals surface area contributed by atoms with Crippen LogP contribution in [0.4, 0.5) is 4.79 Å². The Labute approximate surface area is 71.9 Å². The summed E-state index contributed by atoms with van der Waals surface area (Å²) in [6, 6.07) is -0.311. The van der Waals surface area contributed by atoms with Crippen molar-refractivity contribution in [1.29, 1.82) is 0 Å². The molecule has 1 rings (SSSR count). The molecule has 0 aromatic rings. The summed E-state index contributed by atoms with van der Waals surface area (Å²) >= 11 is 0. The van der Waals surface area contributed by atoms with E-state index < -0.39 is 5.54 Å². The first-order valence-electron chi connectivity index (χ1n) is 3.92. The van der Waals surface area contributed by atoms with Crippen LogP contribution in [0.1, 0.15) is 20.3 Å². The van der Waals surface area contributed by atoms with Crippen LogP contribution in [0.2, 0.25) is 0 Å². The minimum absolute atomic E-state index is 0.170. The molecule has 1 saturated heterocycles. The maximum atomic E-state index is 11.4. The molecular formula is C8H13N2O2. The van der Waals surface area contributed by atoms with E-state index in [-0.39, 0.29) is 11.9 Å². The number of hydrogen-bond acceptors (Lipinski definition) is 2. The van der Waals surface area contributed by atoms with E-state index in [1.165, 1.54) is 4.90 Å². The molecule has 0 spiro atoms. The van der Waals surface area contributed by atoms with Crippen LogP contribution in [-0.2, 0) is 4.79 Å². The minimum Gasteiger partial charge on any atom is -0.324 e. The van der Waals surface area contributed by atoms with Crippen molar-refractivity contribution < 1.29 is 9.59 Å². The summed E-state index contributed by atoms with van der Waals surface area (Å²) in [6.07, 6.45) is 0.551. The lowest BCUT2D eigenvalue weighted by Gasteiger charge is -2.14. The molecule has 12 heavy (non-hydrogen) atoms. The molecule has 1 heterocycles. The number of nitrogens with one attached hydrogen (secondary N) is 1. The Morgan fingerprint density at radius 2 is 2.08 bits per heavy atom. The van der Waals surface area contributed by atoms with Crippen molar-refractivity contribution in [2.24, 2.45) is 0 Å². The highest BCUT2D eigenvalue weighted by Crippen LogP contribution is 2.16. The van der Waals surface area contributed by atoms with Gasteiger partial charge in [0.2, 0.25) is 0 Å². The smallest absolute Gasteiger partial charge is 0.324 e. The van der Waals surface area contributed by atoms with E-state index in [0.29, 0.717) is 13.0 Å². The quantitative estimate of drug-likeness (QED) is 0.613. The Morgan fingerprint density at radius 3 is 2.42 bits per heavy atom. The lowest BCUT2D eigenvalue weighted by atomic mass is 10.1. The zero-order valence-corrected chi connectivity index (χ0v) is 7.39. The molecule has 67 valence electrons. The largest absolute Gasteiger partial charge is 0.325 e. The fourth-order valence-corrected chi connectivity index (χ4v) is 1.18. The van der Waals surface area contributed by atoms with Gasteiger partial charge in [-0.3, -0.25) is 9.69 Å². The highest BCUT2D eigenvalue weighted by molar-refractivity contribution is 6.06. The van der Waals surface area contributed by atoms with Crippen LogP contribution in [0.15, 0.2) is 0 Å². The second kappa shape index (κ2) is 2.77. The lowest BCUT2D eigenvalue weighted by Crippen LogP contribution is -2.40. The average molecular weight is 169 g/mol. The van der Waals surface area contributed by atoms with Gasteiger partial charge in [-0.05, 0) is 20.3 Å². The molecule has 4 heteroatoms. The zero-order chi connectivity index (χ0) is 9.35. The van der Waals surface area contributed by atoms with Gasteiger partial charge >= 0.3 is 6.03 Å². The molecule has 1 N–H and O–H groups in total. The molecule has 0 aliphatic carbocycles. The van der Waals surface area contributed by atoms with Crippen LogP contribution in [0, 0.1) is 6.92 Å². The summed E-state index contributed by atoms with van der Waals surface area (Å²) in [4.78, 5) is 23.8. The van der Waals surface area contributed by atoms with Gasteiger partial charge in [0.1, 0.15) is 5.54 Å². The predicted molar refractivity (Wildman–Crippen MR) is 44.3 cm³/mol. The minimum atomic E-state index is -0.744. The zero-order valence-electron chi connectivity index (χ0n) is 7.39. The Kier molecular flexibility index (Phi) is 2.08. The average Bonchev–Trinajstić information content (AvgIpc) is 2.13. The Hall–Kier alpha value is -1.06. The molecule has 1 radical (unpaired) electrons. The number of carbonyl (C=O) groups excluding carboxylic acids is 2. The number of imide groups is 1. The fraction of sp³-hybridized carbons (Fsp3) is 0.625. The van der Waals surface area contributed by atoms with Gasteiger partial charge in [0.05, 0.1) is 0 Å². The first kappa shape index (κ1) is 9.03. The van der Waals surface area contributed by atoms with Crippen molar-refractivity contribution in [2.75, 3.05) is 6.54 Å². The van der Waals surface area contributed by atoms with Crippen molar-refractivity contribution in [2.45, 2.75) is 25.8 Å². The van der Waals surface area contributed by atoms with Crippen molar-refractivity contribution >= 4 is 11.9 Å². The third kappa shape index (κ3) is 1.29. The normalized spacial score (nSPS) is 21.4. The van der Waals surface area contributed by atoms with Gasteiger partial charge in [-0.1, -0.05) is 6.92 Å². The first-order chi connectivity index (χ1) is 5.49. The summed E-state index contributed by atoms with van der Waals surface area (Å²) in [7, 11) is 0. The summed E-state index contributed by atoms with van der Waals surface area (Å²) < 4.78 is 0. The maximum absolute atomic E-state index is 11.4. The topological polar surface area (TPSA) is 49.4 Å². The van der Waals surface area contributed by atoms with Gasteiger partial charge in [-0.25, -0.2) is 4.79 Å². The van der Waals surface area contributed by atoms with E-state index >= 15 is 0 Å². The van der Waals surface area contributed by atoms with Crippen LogP contribution in [-0.4, -0.2) is 28.9 Å². The van der Waals surface area contributed by atoms with Crippen LogP contribution < -0.4 is 5.32 Å². The number of carbonyl (C=O) groups is 2. The highest BCUT2D eigenvalue weighted by atomic mass is 16.2. The first-order valence-corrected chi connectivity index (χ1v) is 3.92. The van der Waals surface area contributed by atoms with E-state index in [0.717, 1.165) is 0 Å². The molecule has 3 amide bonds. The van der Waals surface area contributed by atoms with Crippen LogP contribution in [0.5, 0.6) is 0 Å². The van der Waals surface area contributed by atoms with E-state index in [1.54, 1.807) is 13.8 Å². The number of nitrogens with zero attached hydrogens (tertiary/aromatic N) is 1. The second-order valence-electron chi connectivity index (χ2n) is 3.37. The van der Waals surface area contributed by atoms with Crippen LogP contribution in [0.25, 0.3) is 0 Å². The van der Waals surface area contributed by atoms with Gasteiger partial charge in [-0.2, -0.15) is 0 Å². The molecule has 0 atom stereocenters. The van der Waals surface area contributed by atoms with E-state index in [2.05, 4.69) is 12.2 Å². The number of amides is 3. The lowest BCUT2D eigenvalue weighted by molar-refractivity contribution is -0.130. The number of rotatable bonds is 2. The number of hydrogen-bond donors (Lipinski definition) is 1. The Bertz CT molecular complexity index is 223. The molecule has 0 aromatic carbocycles. The SMILES string of the molecule is [CH2]CCN1C(=O)NC(C)(C)C1=O.